The Kier molecular flexibility index (Phi) is 4.87. The number of halogens is 2. The van der Waals surface area contributed by atoms with Crippen LogP contribution in [0.15, 0.2) is 12.1 Å². The molecule has 0 aromatic heterocycles. The third-order valence-corrected chi connectivity index (χ3v) is 2.45. The average Bonchev–Trinajstić information content (AvgIpc) is 2.34. The lowest BCUT2D eigenvalue weighted by atomic mass is 10.1. The fraction of sp³-hybridized carbons (Fsp3) is 0.364. The number of anilines is 1. The van der Waals surface area contributed by atoms with Gasteiger partial charge in [0.1, 0.15) is 0 Å². The number of nitro groups is 1. The monoisotopic (exact) mass is 273 g/mol. The van der Waals surface area contributed by atoms with Crippen LogP contribution in [0.5, 0.6) is 0 Å². The van der Waals surface area contributed by atoms with Crippen molar-refractivity contribution in [2.45, 2.75) is 25.8 Å². The minimum Gasteiger partial charge on any atom is -0.320 e. The molecule has 6 nitrogen and oxygen atoms in total. The van der Waals surface area contributed by atoms with Crippen LogP contribution in [-0.4, -0.2) is 16.9 Å². The second-order valence-corrected chi connectivity index (χ2v) is 3.90. The van der Waals surface area contributed by atoms with Gasteiger partial charge in [0, 0.05) is 6.07 Å². The standard InChI is InChI=1S/C11H13F2N3O3/c1-2-3-7(14)11(17)15-10-8(16(18)19)5-4-6(12)9(10)13/h4-5,7H,2-3,14H2,1H3,(H,15,17)/t7-/m0/s1. The van der Waals surface area contributed by atoms with Crippen LogP contribution in [0, 0.1) is 21.7 Å². The molecule has 0 aliphatic rings. The SMILES string of the molecule is CCC[C@H](N)C(=O)Nc1c([N+](=O)[O-])ccc(F)c1F. The number of hydrogen-bond acceptors (Lipinski definition) is 4. The Hall–Kier alpha value is -2.09. The number of nitrogens with zero attached hydrogens (tertiary/aromatic N) is 1. The van der Waals surface area contributed by atoms with Crippen LogP contribution in [0.2, 0.25) is 0 Å². The van der Waals surface area contributed by atoms with Crippen molar-refractivity contribution in [3.05, 3.63) is 33.9 Å². The fourth-order valence-electron chi connectivity index (χ4n) is 1.47. The van der Waals surface area contributed by atoms with Gasteiger partial charge >= 0.3 is 0 Å². The molecule has 0 aliphatic heterocycles. The Labute approximate surface area is 107 Å². The number of hydrogen-bond donors (Lipinski definition) is 2. The molecule has 0 aliphatic carbocycles. The maximum absolute atomic E-state index is 13.5. The maximum atomic E-state index is 13.5. The molecule has 1 aromatic rings. The average molecular weight is 273 g/mol. The number of nitrogens with one attached hydrogen (secondary N) is 1. The van der Waals surface area contributed by atoms with Crippen molar-refractivity contribution in [3.63, 3.8) is 0 Å². The number of amides is 1. The highest BCUT2D eigenvalue weighted by Crippen LogP contribution is 2.29. The quantitative estimate of drug-likeness (QED) is 0.632. The third kappa shape index (κ3) is 3.44. The van der Waals surface area contributed by atoms with Gasteiger partial charge in [0.15, 0.2) is 17.3 Å². The summed E-state index contributed by atoms with van der Waals surface area (Å²) in [5.41, 5.74) is 3.96. The van der Waals surface area contributed by atoms with Crippen molar-refractivity contribution in [3.8, 4) is 0 Å². The Morgan fingerprint density at radius 3 is 2.68 bits per heavy atom. The summed E-state index contributed by atoms with van der Waals surface area (Å²) in [6.07, 6.45) is 0.943. The highest BCUT2D eigenvalue weighted by atomic mass is 19.2. The van der Waals surface area contributed by atoms with E-state index in [1.54, 1.807) is 6.92 Å². The van der Waals surface area contributed by atoms with Crippen LogP contribution >= 0.6 is 0 Å². The van der Waals surface area contributed by atoms with E-state index in [0.717, 1.165) is 6.07 Å². The smallest absolute Gasteiger partial charge is 0.296 e. The van der Waals surface area contributed by atoms with E-state index >= 15 is 0 Å². The molecule has 19 heavy (non-hydrogen) atoms. The van der Waals surface area contributed by atoms with E-state index in [2.05, 4.69) is 0 Å². The molecule has 0 saturated carbocycles. The summed E-state index contributed by atoms with van der Waals surface area (Å²) in [7, 11) is 0. The Bertz CT molecular complexity index is 508. The van der Waals surface area contributed by atoms with Gasteiger partial charge in [0.2, 0.25) is 5.91 Å². The molecule has 0 unspecified atom stereocenters. The minimum absolute atomic E-state index is 0.330. The van der Waals surface area contributed by atoms with Crippen molar-refractivity contribution >= 4 is 17.3 Å². The van der Waals surface area contributed by atoms with Gasteiger partial charge in [-0.2, -0.15) is 0 Å². The Balaban J connectivity index is 3.08. The summed E-state index contributed by atoms with van der Waals surface area (Å²) >= 11 is 0. The number of rotatable bonds is 5. The minimum atomic E-state index is -1.48. The molecule has 104 valence electrons. The maximum Gasteiger partial charge on any atom is 0.296 e. The van der Waals surface area contributed by atoms with Crippen molar-refractivity contribution in [2.75, 3.05) is 5.32 Å². The van der Waals surface area contributed by atoms with Gasteiger partial charge in [-0.25, -0.2) is 8.78 Å². The van der Waals surface area contributed by atoms with Gasteiger partial charge in [-0.3, -0.25) is 14.9 Å². The number of benzene rings is 1. The first kappa shape index (κ1) is 15.0. The first-order valence-electron chi connectivity index (χ1n) is 5.57. The van der Waals surface area contributed by atoms with Crippen molar-refractivity contribution < 1.29 is 18.5 Å². The van der Waals surface area contributed by atoms with Crippen molar-refractivity contribution in [2.24, 2.45) is 5.73 Å². The van der Waals surface area contributed by atoms with Gasteiger partial charge in [-0.15, -0.1) is 0 Å². The van der Waals surface area contributed by atoms with Crippen molar-refractivity contribution in [1.29, 1.82) is 0 Å². The molecule has 1 rings (SSSR count). The summed E-state index contributed by atoms with van der Waals surface area (Å²) in [6, 6.07) is 0.460. The van der Waals surface area contributed by atoms with E-state index in [4.69, 9.17) is 5.73 Å². The molecule has 0 spiro atoms. The zero-order chi connectivity index (χ0) is 14.6. The molecule has 0 radical (unpaired) electrons. The van der Waals surface area contributed by atoms with Gasteiger partial charge in [-0.1, -0.05) is 13.3 Å². The first-order chi connectivity index (χ1) is 8.88. The van der Waals surface area contributed by atoms with Crippen molar-refractivity contribution in [1.82, 2.24) is 0 Å². The zero-order valence-corrected chi connectivity index (χ0v) is 10.2. The fourth-order valence-corrected chi connectivity index (χ4v) is 1.47. The molecule has 0 saturated heterocycles. The topological polar surface area (TPSA) is 98.3 Å². The number of nitrogens with two attached hydrogens (primary N) is 1. The van der Waals surface area contributed by atoms with Gasteiger partial charge in [-0.05, 0) is 12.5 Å². The predicted octanol–water partition coefficient (Wildman–Crippen LogP) is 1.94. The van der Waals surface area contributed by atoms with Crippen LogP contribution in [0.25, 0.3) is 0 Å². The van der Waals surface area contributed by atoms with Crippen LogP contribution in [-0.2, 0) is 4.79 Å². The lowest BCUT2D eigenvalue weighted by molar-refractivity contribution is -0.384. The van der Waals surface area contributed by atoms with Crippen LogP contribution < -0.4 is 11.1 Å². The van der Waals surface area contributed by atoms with Gasteiger partial charge < -0.3 is 11.1 Å². The van der Waals surface area contributed by atoms with E-state index in [9.17, 15) is 23.7 Å². The molecule has 3 N–H and O–H groups in total. The van der Waals surface area contributed by atoms with E-state index in [1.165, 1.54) is 0 Å². The predicted molar refractivity (Wildman–Crippen MR) is 64.5 cm³/mol. The second kappa shape index (κ2) is 6.19. The lowest BCUT2D eigenvalue weighted by Gasteiger charge is -2.12. The molecule has 1 aromatic carbocycles. The number of carbonyl (C=O) groups is 1. The van der Waals surface area contributed by atoms with E-state index in [0.29, 0.717) is 18.9 Å². The van der Waals surface area contributed by atoms with Crippen LogP contribution in [0.3, 0.4) is 0 Å². The molecule has 8 heteroatoms. The number of nitro benzene ring substituents is 1. The van der Waals surface area contributed by atoms with E-state index in [-0.39, 0.29) is 0 Å². The Morgan fingerprint density at radius 2 is 2.16 bits per heavy atom. The molecule has 0 fully saturated rings. The van der Waals surface area contributed by atoms with Gasteiger partial charge in [0.05, 0.1) is 11.0 Å². The molecule has 0 bridgehead atoms. The summed E-state index contributed by atoms with van der Waals surface area (Å²) in [4.78, 5) is 21.4. The summed E-state index contributed by atoms with van der Waals surface area (Å²) in [5.74, 6) is -3.56. The summed E-state index contributed by atoms with van der Waals surface area (Å²) < 4.78 is 26.5. The van der Waals surface area contributed by atoms with Crippen LogP contribution in [0.1, 0.15) is 19.8 Å². The Morgan fingerprint density at radius 1 is 1.53 bits per heavy atom. The third-order valence-electron chi connectivity index (χ3n) is 2.45. The first-order valence-corrected chi connectivity index (χ1v) is 5.57. The molecule has 1 amide bonds. The zero-order valence-electron chi connectivity index (χ0n) is 10.2. The number of carbonyl (C=O) groups excluding carboxylic acids is 1. The largest absolute Gasteiger partial charge is 0.320 e. The highest BCUT2D eigenvalue weighted by Gasteiger charge is 2.25. The van der Waals surface area contributed by atoms with Gasteiger partial charge in [0.25, 0.3) is 5.69 Å². The molecule has 1 atom stereocenters. The molecular weight excluding hydrogens is 260 g/mol. The summed E-state index contributed by atoms with van der Waals surface area (Å²) in [6.45, 7) is 1.79. The highest BCUT2D eigenvalue weighted by molar-refractivity contribution is 5.96. The van der Waals surface area contributed by atoms with E-state index < -0.39 is 39.9 Å². The second-order valence-electron chi connectivity index (χ2n) is 3.90. The lowest BCUT2D eigenvalue weighted by Crippen LogP contribution is -2.35. The van der Waals surface area contributed by atoms with Crippen LogP contribution in [0.4, 0.5) is 20.2 Å². The summed E-state index contributed by atoms with van der Waals surface area (Å²) in [5, 5.41) is 12.7. The molecular formula is C11H13F2N3O3. The normalized spacial score (nSPS) is 12.0. The molecule has 0 heterocycles. The van der Waals surface area contributed by atoms with E-state index in [1.807, 2.05) is 5.32 Å².